The molecule has 2 aliphatic heterocycles. The molecule has 320 valence electrons. The van der Waals surface area contributed by atoms with E-state index in [2.05, 4.69) is 185 Å². The van der Waals surface area contributed by atoms with Gasteiger partial charge in [-0.2, -0.15) is 9.13 Å². The smallest absolute Gasteiger partial charge is 0.300 e. The van der Waals surface area contributed by atoms with Gasteiger partial charge in [0.1, 0.15) is 16.8 Å². The quantitative estimate of drug-likeness (QED) is 0.121. The highest BCUT2D eigenvalue weighted by Crippen LogP contribution is 2.53. The van der Waals surface area contributed by atoms with Crippen LogP contribution in [0, 0.1) is 5.92 Å². The molecule has 3 aliphatic carbocycles. The van der Waals surface area contributed by atoms with Crippen LogP contribution < -0.4 is 14.3 Å². The molecule has 5 heteroatoms. The summed E-state index contributed by atoms with van der Waals surface area (Å²) in [6.45, 7) is 7.69. The molecular formula is C60H57N3OSi+2. The van der Waals surface area contributed by atoms with Gasteiger partial charge in [-0.15, -0.1) is 0 Å². The largest absolute Gasteiger partial charge is 0.455 e. The van der Waals surface area contributed by atoms with Crippen molar-refractivity contribution in [3.63, 3.8) is 0 Å². The van der Waals surface area contributed by atoms with Gasteiger partial charge in [0.05, 0.1) is 13.6 Å². The van der Waals surface area contributed by atoms with E-state index < -0.39 is 8.07 Å². The minimum atomic E-state index is -1.79. The molecule has 5 aromatic carbocycles. The van der Waals surface area contributed by atoms with Crippen molar-refractivity contribution in [2.24, 2.45) is 5.92 Å². The summed E-state index contributed by atoms with van der Waals surface area (Å²) in [6.07, 6.45) is 22.0. The summed E-state index contributed by atoms with van der Waals surface area (Å²) in [6, 6.07) is 48.0. The van der Waals surface area contributed by atoms with E-state index in [0.29, 0.717) is 0 Å². The molecule has 0 saturated heterocycles. The van der Waals surface area contributed by atoms with Crippen molar-refractivity contribution in [2.45, 2.75) is 95.9 Å². The van der Waals surface area contributed by atoms with E-state index >= 15 is 0 Å². The van der Waals surface area contributed by atoms with Gasteiger partial charge in [0.15, 0.2) is 29.2 Å². The number of imidazole rings is 1. The summed E-state index contributed by atoms with van der Waals surface area (Å²) in [7, 11) is -1.79. The molecule has 5 heterocycles. The third kappa shape index (κ3) is 6.07. The molecule has 0 spiro atoms. The molecule has 2 unspecified atom stereocenters. The Balaban J connectivity index is 1.17. The molecule has 0 N–H and O–H groups in total. The Morgan fingerprint density at radius 1 is 0.708 bits per heavy atom. The highest BCUT2D eigenvalue weighted by molar-refractivity contribution is 6.89. The van der Waals surface area contributed by atoms with Crippen LogP contribution in [-0.2, 0) is 12.8 Å². The average molecular weight is 864 g/mol. The average Bonchev–Trinajstić information content (AvgIpc) is 3.90. The number of fused-ring (bicyclic) bond motifs is 17. The van der Waals surface area contributed by atoms with Crippen molar-refractivity contribution >= 4 is 58.1 Å². The van der Waals surface area contributed by atoms with Gasteiger partial charge in [-0.05, 0) is 72.6 Å². The fourth-order valence-corrected chi connectivity index (χ4v) is 14.4. The van der Waals surface area contributed by atoms with Gasteiger partial charge in [0.2, 0.25) is 11.7 Å². The standard InChI is InChI=1S/C60H57N3OSi/c1-65(2,3)54-38-61-52(37-42(54)36-39-20-7-4-8-21-39)45-26-13-14-28-47(45)58-57(61)49-35-34-48-46-27-15-18-33-53(46)64-59(48)55(49)60-62(50-31-16-17-32-51(50)63(58)60)56-43(40-22-9-5-10-23-40)29-19-30-44(56)41-24-11-6-12-25-41/h5-6,9-15,17-18,22-29,32-35,37-39,57-58H,4,7-8,16,19-21,30-31,36H2,1-3H3/q+2. The number of para-hydroxylation sites is 1. The van der Waals surface area contributed by atoms with Crippen LogP contribution >= 0.6 is 0 Å². The van der Waals surface area contributed by atoms with Gasteiger partial charge < -0.3 is 4.42 Å². The molecule has 4 nitrogen and oxygen atoms in total. The maximum atomic E-state index is 7.25. The van der Waals surface area contributed by atoms with Gasteiger partial charge in [0, 0.05) is 50.7 Å². The van der Waals surface area contributed by atoms with Crippen molar-refractivity contribution in [2.75, 3.05) is 0 Å². The third-order valence-corrected chi connectivity index (χ3v) is 17.7. The minimum absolute atomic E-state index is 0.0113. The summed E-state index contributed by atoms with van der Waals surface area (Å²) in [5, 5.41) is 3.96. The van der Waals surface area contributed by atoms with E-state index in [1.165, 1.54) is 122 Å². The number of pyridine rings is 1. The Morgan fingerprint density at radius 2 is 1.46 bits per heavy atom. The van der Waals surface area contributed by atoms with Crippen molar-refractivity contribution < 1.29 is 13.6 Å². The zero-order chi connectivity index (χ0) is 43.4. The van der Waals surface area contributed by atoms with Gasteiger partial charge in [-0.1, -0.05) is 167 Å². The van der Waals surface area contributed by atoms with E-state index in [9.17, 15) is 0 Å². The van der Waals surface area contributed by atoms with Crippen LogP contribution in [0.5, 0.6) is 0 Å². The van der Waals surface area contributed by atoms with Gasteiger partial charge in [-0.25, -0.2) is 4.57 Å². The lowest BCUT2D eigenvalue weighted by atomic mass is 9.79. The first-order chi connectivity index (χ1) is 31.9. The summed E-state index contributed by atoms with van der Waals surface area (Å²) in [5.74, 6) is 2.00. The third-order valence-electron chi connectivity index (χ3n) is 15.6. The number of hydrogen-bond acceptors (Lipinski definition) is 1. The first kappa shape index (κ1) is 39.1. The molecule has 0 amide bonds. The number of furan rings is 1. The maximum absolute atomic E-state index is 7.25. The molecule has 0 radical (unpaired) electrons. The zero-order valence-corrected chi connectivity index (χ0v) is 39.0. The molecule has 3 aromatic heterocycles. The second kappa shape index (κ2) is 15.1. The lowest BCUT2D eigenvalue weighted by Crippen LogP contribution is -2.62. The summed E-state index contributed by atoms with van der Waals surface area (Å²) in [5.41, 5.74) is 19.5. The van der Waals surface area contributed by atoms with Crippen LogP contribution in [-0.4, -0.2) is 12.6 Å². The first-order valence-corrected chi connectivity index (χ1v) is 28.0. The lowest BCUT2D eigenvalue weighted by Gasteiger charge is -2.35. The summed E-state index contributed by atoms with van der Waals surface area (Å²) in [4.78, 5) is 0. The van der Waals surface area contributed by atoms with E-state index in [0.717, 1.165) is 42.8 Å². The predicted molar refractivity (Wildman–Crippen MR) is 270 cm³/mol. The van der Waals surface area contributed by atoms with Gasteiger partial charge in [0.25, 0.3) is 5.82 Å². The van der Waals surface area contributed by atoms with E-state index in [1.807, 2.05) is 0 Å². The van der Waals surface area contributed by atoms with Crippen molar-refractivity contribution in [3.8, 4) is 22.6 Å². The maximum Gasteiger partial charge on any atom is 0.300 e. The topological polar surface area (TPSA) is 25.8 Å². The monoisotopic (exact) mass is 863 g/mol. The highest BCUT2D eigenvalue weighted by atomic mass is 28.3. The van der Waals surface area contributed by atoms with E-state index in [1.54, 1.807) is 10.8 Å². The van der Waals surface area contributed by atoms with E-state index in [4.69, 9.17) is 4.42 Å². The fraction of sp³-hybridized carbons (Fsp3) is 0.267. The second-order valence-electron chi connectivity index (χ2n) is 20.5. The Hall–Kier alpha value is -6.30. The van der Waals surface area contributed by atoms with Crippen molar-refractivity contribution in [1.82, 2.24) is 4.57 Å². The molecule has 5 aliphatic rings. The Bertz CT molecular complexity index is 3310. The van der Waals surface area contributed by atoms with Crippen molar-refractivity contribution in [3.05, 3.63) is 185 Å². The Morgan fingerprint density at radius 3 is 2.28 bits per heavy atom. The zero-order valence-electron chi connectivity index (χ0n) is 38.0. The number of benzene rings is 5. The molecule has 1 fully saturated rings. The fourth-order valence-electron chi connectivity index (χ4n) is 12.8. The Kier molecular flexibility index (Phi) is 9.10. The molecule has 65 heavy (non-hydrogen) atoms. The molecule has 2 atom stereocenters. The number of nitrogens with zero attached hydrogens (tertiary/aromatic N) is 3. The minimum Gasteiger partial charge on any atom is -0.455 e. The molecule has 13 rings (SSSR count). The normalized spacial score (nSPS) is 19.0. The van der Waals surface area contributed by atoms with Crippen molar-refractivity contribution in [1.29, 1.82) is 0 Å². The highest BCUT2D eigenvalue weighted by Gasteiger charge is 2.56. The summed E-state index contributed by atoms with van der Waals surface area (Å²) < 4.78 is 15.5. The number of aromatic nitrogens is 3. The predicted octanol–water partition coefficient (Wildman–Crippen LogP) is 13.7. The van der Waals surface area contributed by atoms with Crippen LogP contribution in [0.3, 0.4) is 0 Å². The Labute approximate surface area is 383 Å². The first-order valence-electron chi connectivity index (χ1n) is 24.5. The van der Waals surface area contributed by atoms with Gasteiger partial charge >= 0.3 is 0 Å². The van der Waals surface area contributed by atoms with E-state index in [-0.39, 0.29) is 12.1 Å². The molecule has 8 aromatic rings. The SMILES string of the molecule is C[Si](C)(C)c1c[n+]2c(cc1CC1CCCCC1)-c1ccccc1C1C2c2ccc3c(oc4ccccc43)c2-c2n(C3=C(c4ccccc4)CCC=C3c3ccccc3)c3c([n+]21)C=CCC3. The summed E-state index contributed by atoms with van der Waals surface area (Å²) >= 11 is 0. The van der Waals surface area contributed by atoms with Gasteiger partial charge in [-0.3, -0.25) is 0 Å². The number of allylic oxidation sites excluding steroid dienone is 5. The molecule has 1 saturated carbocycles. The lowest BCUT2D eigenvalue weighted by molar-refractivity contribution is -0.799. The molecule has 0 bridgehead atoms. The number of hydrogen-bond donors (Lipinski definition) is 0. The number of rotatable bonds is 6. The van der Waals surface area contributed by atoms with Crippen LogP contribution in [0.15, 0.2) is 150 Å². The van der Waals surface area contributed by atoms with Crippen LogP contribution in [0.4, 0.5) is 0 Å². The molecular weight excluding hydrogens is 807 g/mol. The van der Waals surface area contributed by atoms with Crippen LogP contribution in [0.2, 0.25) is 19.6 Å². The van der Waals surface area contributed by atoms with Crippen LogP contribution in [0.1, 0.15) is 103 Å². The van der Waals surface area contributed by atoms with Crippen LogP contribution in [0.25, 0.3) is 67.5 Å². The second-order valence-corrected chi connectivity index (χ2v) is 25.5.